The molecule has 1 rings (SSSR count). The number of piperazine rings is 1. The fraction of sp³-hybridized carbons (Fsp3) is 0.929. The van der Waals surface area contributed by atoms with Crippen LogP contribution < -0.4 is 5.73 Å². The number of hydrogen-bond donors (Lipinski definition) is 2. The Morgan fingerprint density at radius 1 is 1.33 bits per heavy atom. The van der Waals surface area contributed by atoms with Crippen LogP contribution in [0.15, 0.2) is 0 Å². The third-order valence-electron chi connectivity index (χ3n) is 4.30. The summed E-state index contributed by atoms with van der Waals surface area (Å²) in [5.41, 5.74) is 5.47. The minimum Gasteiger partial charge on any atom is -0.387 e. The van der Waals surface area contributed by atoms with Crippen molar-refractivity contribution < 1.29 is 0 Å². The Kier molecular flexibility index (Phi) is 5.60. The molecule has 0 saturated carbocycles. The zero-order valence-corrected chi connectivity index (χ0v) is 12.5. The summed E-state index contributed by atoms with van der Waals surface area (Å²) in [5.74, 6) is 0.315. The molecule has 1 atom stereocenters. The third kappa shape index (κ3) is 4.58. The number of amidine groups is 1. The van der Waals surface area contributed by atoms with E-state index in [0.29, 0.717) is 11.9 Å². The van der Waals surface area contributed by atoms with Crippen molar-refractivity contribution in [1.29, 1.82) is 5.41 Å². The molecule has 0 aromatic heterocycles. The van der Waals surface area contributed by atoms with Gasteiger partial charge >= 0.3 is 0 Å². The zero-order valence-electron chi connectivity index (χ0n) is 12.5. The Bertz CT molecular complexity index is 275. The molecule has 0 amide bonds. The maximum Gasteiger partial charge on any atom is 0.0963 e. The van der Waals surface area contributed by atoms with Crippen LogP contribution in [0.1, 0.15) is 40.0 Å². The molecule has 1 saturated heterocycles. The summed E-state index contributed by atoms with van der Waals surface area (Å²) in [6.07, 6.45) is 3.39. The minimum atomic E-state index is -0.130. The van der Waals surface area contributed by atoms with E-state index in [9.17, 15) is 0 Å². The van der Waals surface area contributed by atoms with E-state index in [2.05, 4.69) is 37.6 Å². The Hall–Kier alpha value is -0.610. The van der Waals surface area contributed by atoms with Crippen LogP contribution in [0.3, 0.4) is 0 Å². The summed E-state index contributed by atoms with van der Waals surface area (Å²) in [6.45, 7) is 11.2. The quantitative estimate of drug-likeness (QED) is 0.431. The van der Waals surface area contributed by atoms with Crippen LogP contribution in [0.25, 0.3) is 0 Å². The molecule has 4 heteroatoms. The number of nitrogens with zero attached hydrogens (tertiary/aromatic N) is 2. The van der Waals surface area contributed by atoms with Crippen LogP contribution in [0.5, 0.6) is 0 Å². The lowest BCUT2D eigenvalue weighted by molar-refractivity contribution is 0.103. The smallest absolute Gasteiger partial charge is 0.0963 e. The molecule has 0 radical (unpaired) electrons. The topological polar surface area (TPSA) is 56.4 Å². The molecule has 1 aliphatic heterocycles. The molecule has 3 N–H and O–H groups in total. The highest BCUT2D eigenvalue weighted by Crippen LogP contribution is 2.22. The zero-order chi connectivity index (χ0) is 13.8. The van der Waals surface area contributed by atoms with Gasteiger partial charge in [0.2, 0.25) is 0 Å². The first-order valence-electron chi connectivity index (χ1n) is 7.10. The fourth-order valence-corrected chi connectivity index (χ4v) is 2.36. The highest BCUT2D eigenvalue weighted by Gasteiger charge is 2.22. The summed E-state index contributed by atoms with van der Waals surface area (Å²) in [4.78, 5) is 4.99. The Morgan fingerprint density at radius 3 is 2.56 bits per heavy atom. The fourth-order valence-electron chi connectivity index (χ4n) is 2.36. The molecule has 18 heavy (non-hydrogen) atoms. The van der Waals surface area contributed by atoms with Gasteiger partial charge in [-0.2, -0.15) is 0 Å². The van der Waals surface area contributed by atoms with Crippen molar-refractivity contribution in [2.45, 2.75) is 46.1 Å². The molecule has 4 nitrogen and oxygen atoms in total. The molecule has 106 valence electrons. The molecule has 1 unspecified atom stereocenters. The van der Waals surface area contributed by atoms with Gasteiger partial charge in [-0.05, 0) is 33.4 Å². The number of hydrogen-bond acceptors (Lipinski definition) is 3. The van der Waals surface area contributed by atoms with Gasteiger partial charge in [-0.1, -0.05) is 20.3 Å². The maximum absolute atomic E-state index is 7.54. The van der Waals surface area contributed by atoms with Gasteiger partial charge in [-0.15, -0.1) is 0 Å². The monoisotopic (exact) mass is 254 g/mol. The first kappa shape index (κ1) is 15.4. The number of nitrogens with two attached hydrogens (primary N) is 1. The molecule has 0 bridgehead atoms. The maximum atomic E-state index is 7.54. The predicted molar refractivity (Wildman–Crippen MR) is 78.1 cm³/mol. The average molecular weight is 254 g/mol. The van der Waals surface area contributed by atoms with E-state index >= 15 is 0 Å². The highest BCUT2D eigenvalue weighted by atomic mass is 15.3. The van der Waals surface area contributed by atoms with Crippen molar-refractivity contribution in [3.8, 4) is 0 Å². The van der Waals surface area contributed by atoms with Crippen molar-refractivity contribution in [3.05, 3.63) is 0 Å². The van der Waals surface area contributed by atoms with E-state index in [1.807, 2.05) is 0 Å². The number of unbranched alkanes of at least 4 members (excludes halogenated alkanes) is 1. The van der Waals surface area contributed by atoms with E-state index in [1.165, 1.54) is 32.6 Å². The van der Waals surface area contributed by atoms with Gasteiger partial charge in [-0.25, -0.2) is 0 Å². The lowest BCUT2D eigenvalue weighted by Gasteiger charge is -2.37. The van der Waals surface area contributed by atoms with E-state index in [1.54, 1.807) is 0 Å². The van der Waals surface area contributed by atoms with Crippen molar-refractivity contribution in [1.82, 2.24) is 9.80 Å². The Labute approximate surface area is 112 Å². The Balaban J connectivity index is 2.17. The second kappa shape index (κ2) is 6.53. The second-order valence-electron chi connectivity index (χ2n) is 6.38. The van der Waals surface area contributed by atoms with Crippen LogP contribution in [0, 0.1) is 10.8 Å². The molecule has 0 aromatic carbocycles. The number of likely N-dealkylation sites (N-methyl/N-ethyl adjacent to an activating group) is 1. The molecular formula is C14H30N4. The van der Waals surface area contributed by atoms with Gasteiger partial charge in [0, 0.05) is 31.1 Å². The van der Waals surface area contributed by atoms with E-state index in [0.717, 1.165) is 12.8 Å². The van der Waals surface area contributed by atoms with Crippen LogP contribution >= 0.6 is 0 Å². The molecule has 1 aliphatic rings. The van der Waals surface area contributed by atoms with Crippen molar-refractivity contribution in [2.24, 2.45) is 11.1 Å². The molecule has 1 heterocycles. The van der Waals surface area contributed by atoms with Gasteiger partial charge in [0.25, 0.3) is 0 Å². The summed E-state index contributed by atoms with van der Waals surface area (Å²) in [5, 5.41) is 7.54. The first-order chi connectivity index (χ1) is 8.33. The molecule has 0 spiro atoms. The van der Waals surface area contributed by atoms with E-state index in [4.69, 9.17) is 11.1 Å². The number of nitrogens with one attached hydrogen (secondary N) is 1. The summed E-state index contributed by atoms with van der Waals surface area (Å²) in [7, 11) is 2.21. The normalized spacial score (nSPS) is 23.2. The standard InChI is InChI=1S/C14H30N4/c1-12-11-18(10-9-17(12)4)8-6-5-7-14(2,3)13(15)16/h12H,5-11H2,1-4H3,(H3,15,16). The van der Waals surface area contributed by atoms with Gasteiger partial charge in [-0.3, -0.25) is 5.41 Å². The van der Waals surface area contributed by atoms with Gasteiger partial charge in [0.15, 0.2) is 0 Å². The molecule has 1 fully saturated rings. The summed E-state index contributed by atoms with van der Waals surface area (Å²) in [6, 6.07) is 0.674. The molecule has 0 aromatic rings. The second-order valence-corrected chi connectivity index (χ2v) is 6.38. The molecule has 0 aliphatic carbocycles. The van der Waals surface area contributed by atoms with E-state index < -0.39 is 0 Å². The lowest BCUT2D eigenvalue weighted by Crippen LogP contribution is -2.50. The van der Waals surface area contributed by atoms with Crippen LogP contribution in [-0.4, -0.2) is 54.9 Å². The molecular weight excluding hydrogens is 224 g/mol. The van der Waals surface area contributed by atoms with Gasteiger partial charge in [0.05, 0.1) is 5.84 Å². The van der Waals surface area contributed by atoms with Crippen LogP contribution in [0.4, 0.5) is 0 Å². The van der Waals surface area contributed by atoms with Crippen molar-refractivity contribution in [2.75, 3.05) is 33.2 Å². The van der Waals surface area contributed by atoms with Crippen molar-refractivity contribution >= 4 is 5.84 Å². The minimum absolute atomic E-state index is 0.130. The van der Waals surface area contributed by atoms with Crippen molar-refractivity contribution in [3.63, 3.8) is 0 Å². The highest BCUT2D eigenvalue weighted by molar-refractivity contribution is 5.82. The van der Waals surface area contributed by atoms with E-state index in [-0.39, 0.29) is 5.41 Å². The summed E-state index contributed by atoms with van der Waals surface area (Å²) < 4.78 is 0. The van der Waals surface area contributed by atoms with Gasteiger partial charge in [0.1, 0.15) is 0 Å². The van der Waals surface area contributed by atoms with Crippen LogP contribution in [-0.2, 0) is 0 Å². The predicted octanol–water partition coefficient (Wildman–Crippen LogP) is 1.75. The average Bonchev–Trinajstić information content (AvgIpc) is 2.29. The SMILES string of the molecule is CC1CN(CCCCC(C)(C)C(=N)N)CCN1C. The van der Waals surface area contributed by atoms with Crippen LogP contribution in [0.2, 0.25) is 0 Å². The third-order valence-corrected chi connectivity index (χ3v) is 4.30. The lowest BCUT2D eigenvalue weighted by atomic mass is 9.86. The largest absolute Gasteiger partial charge is 0.387 e. The Morgan fingerprint density at radius 2 is 2.00 bits per heavy atom. The first-order valence-corrected chi connectivity index (χ1v) is 7.10. The number of rotatable bonds is 6. The van der Waals surface area contributed by atoms with Gasteiger partial charge < -0.3 is 15.5 Å². The summed E-state index contributed by atoms with van der Waals surface area (Å²) >= 11 is 0.